The Labute approximate surface area is 105 Å². The summed E-state index contributed by atoms with van der Waals surface area (Å²) in [6.07, 6.45) is 0.613. The Morgan fingerprint density at radius 3 is 2.35 bits per heavy atom. The average molecular weight is 258 g/mol. The van der Waals surface area contributed by atoms with E-state index in [1.54, 1.807) is 0 Å². The summed E-state index contributed by atoms with van der Waals surface area (Å²) < 4.78 is 0. The number of carbonyl (C=O) groups is 1. The molecule has 4 nitrogen and oxygen atoms in total. The van der Waals surface area contributed by atoms with Crippen molar-refractivity contribution in [2.45, 2.75) is 31.7 Å². The zero-order chi connectivity index (χ0) is 13.0. The third-order valence-corrected chi connectivity index (χ3v) is 2.48. The number of nitrogens with one attached hydrogen (secondary N) is 1. The Morgan fingerprint density at radius 1 is 1.35 bits per heavy atom. The molecule has 1 amide bonds. The van der Waals surface area contributed by atoms with Gasteiger partial charge in [0.1, 0.15) is 17.1 Å². The Balaban J connectivity index is 2.77. The van der Waals surface area contributed by atoms with Crippen molar-refractivity contribution in [2.75, 3.05) is 0 Å². The predicted molar refractivity (Wildman–Crippen MR) is 66.6 cm³/mol. The van der Waals surface area contributed by atoms with Crippen molar-refractivity contribution in [2.24, 2.45) is 0 Å². The van der Waals surface area contributed by atoms with Crippen LogP contribution in [0.3, 0.4) is 0 Å². The lowest BCUT2D eigenvalue weighted by molar-refractivity contribution is 0.0933. The summed E-state index contributed by atoms with van der Waals surface area (Å²) in [6.45, 7) is 3.65. The van der Waals surface area contributed by atoms with Crippen LogP contribution >= 0.6 is 11.6 Å². The van der Waals surface area contributed by atoms with Gasteiger partial charge in [0, 0.05) is 11.4 Å². The van der Waals surface area contributed by atoms with Crippen LogP contribution in [0.25, 0.3) is 0 Å². The van der Waals surface area contributed by atoms with Gasteiger partial charge in [-0.15, -0.1) is 11.6 Å². The second kappa shape index (κ2) is 5.77. The first-order valence-corrected chi connectivity index (χ1v) is 5.81. The smallest absolute Gasteiger partial charge is 0.259 e. The number of hydrogen-bond donors (Lipinski definition) is 3. The molecule has 0 radical (unpaired) electrons. The van der Waals surface area contributed by atoms with Gasteiger partial charge in [-0.2, -0.15) is 0 Å². The minimum atomic E-state index is -0.509. The highest BCUT2D eigenvalue weighted by Gasteiger charge is 2.18. The standard InChI is InChI=1S/C12H16ClNO3/c1-7(13)6-8(2)14-12(17)11-9(15)4-3-5-10(11)16/h3-5,7-8,15-16H,6H2,1-2H3,(H,14,17). The summed E-state index contributed by atoms with van der Waals surface area (Å²) in [5.74, 6) is -0.993. The molecule has 0 aromatic heterocycles. The van der Waals surface area contributed by atoms with Crippen molar-refractivity contribution in [3.05, 3.63) is 23.8 Å². The fraction of sp³-hybridized carbons (Fsp3) is 0.417. The summed E-state index contributed by atoms with van der Waals surface area (Å²) in [5, 5.41) is 21.6. The highest BCUT2D eigenvalue weighted by Crippen LogP contribution is 2.26. The molecule has 0 spiro atoms. The van der Waals surface area contributed by atoms with E-state index in [9.17, 15) is 15.0 Å². The Morgan fingerprint density at radius 2 is 1.88 bits per heavy atom. The maximum absolute atomic E-state index is 11.8. The highest BCUT2D eigenvalue weighted by molar-refractivity contribution is 6.20. The molecule has 0 aliphatic rings. The first-order chi connectivity index (χ1) is 7.91. The van der Waals surface area contributed by atoms with Crippen LogP contribution in [0.15, 0.2) is 18.2 Å². The number of amides is 1. The largest absolute Gasteiger partial charge is 0.507 e. The van der Waals surface area contributed by atoms with Crippen LogP contribution in [-0.2, 0) is 0 Å². The van der Waals surface area contributed by atoms with Gasteiger partial charge in [0.25, 0.3) is 5.91 Å². The molecule has 5 heteroatoms. The van der Waals surface area contributed by atoms with Crippen molar-refractivity contribution in [1.82, 2.24) is 5.32 Å². The molecule has 2 atom stereocenters. The van der Waals surface area contributed by atoms with Crippen molar-refractivity contribution in [1.29, 1.82) is 0 Å². The number of phenolic OH excluding ortho intramolecular Hbond substituents is 2. The molecule has 2 unspecified atom stereocenters. The van der Waals surface area contributed by atoms with Crippen LogP contribution in [-0.4, -0.2) is 27.5 Å². The summed E-state index contributed by atoms with van der Waals surface area (Å²) >= 11 is 5.81. The number of hydrogen-bond acceptors (Lipinski definition) is 3. The Bertz CT molecular complexity index is 386. The van der Waals surface area contributed by atoms with E-state index in [4.69, 9.17) is 11.6 Å². The molecule has 0 heterocycles. The number of alkyl halides is 1. The zero-order valence-corrected chi connectivity index (χ0v) is 10.5. The Hall–Kier alpha value is -1.42. The van der Waals surface area contributed by atoms with E-state index in [1.807, 2.05) is 13.8 Å². The number of halogens is 1. The summed E-state index contributed by atoms with van der Waals surface area (Å²) in [6, 6.07) is 4.03. The lowest BCUT2D eigenvalue weighted by Gasteiger charge is -2.15. The van der Waals surface area contributed by atoms with E-state index in [1.165, 1.54) is 18.2 Å². The molecule has 0 saturated carbocycles. The fourth-order valence-corrected chi connectivity index (χ4v) is 1.87. The highest BCUT2D eigenvalue weighted by atomic mass is 35.5. The number of aromatic hydroxyl groups is 2. The van der Waals surface area contributed by atoms with Crippen molar-refractivity contribution in [3.63, 3.8) is 0 Å². The number of rotatable bonds is 4. The van der Waals surface area contributed by atoms with Crippen LogP contribution < -0.4 is 5.32 Å². The van der Waals surface area contributed by atoms with Gasteiger partial charge in [0.15, 0.2) is 0 Å². The van der Waals surface area contributed by atoms with E-state index >= 15 is 0 Å². The van der Waals surface area contributed by atoms with Gasteiger partial charge in [-0.05, 0) is 32.4 Å². The van der Waals surface area contributed by atoms with E-state index in [0.717, 1.165) is 0 Å². The second-order valence-electron chi connectivity index (χ2n) is 4.06. The van der Waals surface area contributed by atoms with Crippen LogP contribution in [0.4, 0.5) is 0 Å². The van der Waals surface area contributed by atoms with E-state index in [-0.39, 0.29) is 28.5 Å². The predicted octanol–water partition coefficient (Wildman–Crippen LogP) is 2.23. The van der Waals surface area contributed by atoms with E-state index in [2.05, 4.69) is 5.32 Å². The van der Waals surface area contributed by atoms with Gasteiger partial charge in [-0.1, -0.05) is 6.07 Å². The van der Waals surface area contributed by atoms with Crippen LogP contribution in [0.5, 0.6) is 11.5 Å². The molecule has 0 saturated heterocycles. The van der Waals surface area contributed by atoms with Crippen LogP contribution in [0.1, 0.15) is 30.6 Å². The molecule has 1 aromatic carbocycles. The number of benzene rings is 1. The first-order valence-electron chi connectivity index (χ1n) is 5.37. The average Bonchev–Trinajstić information content (AvgIpc) is 2.15. The topological polar surface area (TPSA) is 69.6 Å². The molecule has 94 valence electrons. The van der Waals surface area contributed by atoms with Crippen molar-refractivity contribution in [3.8, 4) is 11.5 Å². The molecule has 1 rings (SSSR count). The molecule has 1 aromatic rings. The van der Waals surface area contributed by atoms with Gasteiger partial charge in [0.05, 0.1) is 0 Å². The van der Waals surface area contributed by atoms with Gasteiger partial charge < -0.3 is 15.5 Å². The lowest BCUT2D eigenvalue weighted by atomic mass is 10.1. The summed E-state index contributed by atoms with van der Waals surface area (Å²) in [7, 11) is 0. The molecule has 3 N–H and O–H groups in total. The zero-order valence-electron chi connectivity index (χ0n) is 9.77. The maximum atomic E-state index is 11.8. The SMILES string of the molecule is CC(Cl)CC(C)NC(=O)c1c(O)cccc1O. The third-order valence-electron chi connectivity index (χ3n) is 2.30. The second-order valence-corrected chi connectivity index (χ2v) is 4.81. The van der Waals surface area contributed by atoms with Gasteiger partial charge in [0.2, 0.25) is 0 Å². The normalized spacial score (nSPS) is 14.1. The summed E-state index contributed by atoms with van der Waals surface area (Å²) in [4.78, 5) is 11.8. The van der Waals surface area contributed by atoms with Crippen molar-refractivity contribution >= 4 is 17.5 Å². The maximum Gasteiger partial charge on any atom is 0.259 e. The monoisotopic (exact) mass is 257 g/mol. The number of carbonyl (C=O) groups excluding carboxylic acids is 1. The molecule has 0 bridgehead atoms. The minimum Gasteiger partial charge on any atom is -0.507 e. The van der Waals surface area contributed by atoms with Crippen LogP contribution in [0, 0.1) is 0 Å². The lowest BCUT2D eigenvalue weighted by Crippen LogP contribution is -2.34. The quantitative estimate of drug-likeness (QED) is 0.725. The Kier molecular flexibility index (Phi) is 4.63. The number of phenols is 2. The molecule has 17 heavy (non-hydrogen) atoms. The molecule has 0 aliphatic carbocycles. The molecule has 0 fully saturated rings. The third kappa shape index (κ3) is 3.82. The molecule has 0 aliphatic heterocycles. The van der Waals surface area contributed by atoms with Crippen molar-refractivity contribution < 1.29 is 15.0 Å². The van der Waals surface area contributed by atoms with Gasteiger partial charge in [-0.3, -0.25) is 4.79 Å². The van der Waals surface area contributed by atoms with Gasteiger partial charge in [-0.25, -0.2) is 0 Å². The van der Waals surface area contributed by atoms with Gasteiger partial charge >= 0.3 is 0 Å². The van der Waals surface area contributed by atoms with E-state index in [0.29, 0.717) is 6.42 Å². The van der Waals surface area contributed by atoms with Crippen LogP contribution in [0.2, 0.25) is 0 Å². The fourth-order valence-electron chi connectivity index (χ4n) is 1.60. The van der Waals surface area contributed by atoms with E-state index < -0.39 is 5.91 Å². The molecular weight excluding hydrogens is 242 g/mol. The first kappa shape index (κ1) is 13.6. The molecular formula is C12H16ClNO3. The minimum absolute atomic E-state index is 0.0525. The summed E-state index contributed by atoms with van der Waals surface area (Å²) in [5.41, 5.74) is -0.110.